The van der Waals surface area contributed by atoms with Crippen molar-refractivity contribution in [1.82, 2.24) is 15.1 Å². The molecule has 1 aliphatic carbocycles. The standard InChI is InChI=1S/C20H31N3O/c1-22(2)14-17-11-12-23(15-17)20(24)21-19-10-6-9-18(19)13-16-7-4-3-5-8-16/h3-5,7-8,17-19H,6,9-15H2,1-2H3,(H,21,24). The van der Waals surface area contributed by atoms with Crippen LogP contribution in [-0.2, 0) is 6.42 Å². The van der Waals surface area contributed by atoms with E-state index in [1.807, 2.05) is 4.90 Å². The van der Waals surface area contributed by atoms with E-state index < -0.39 is 0 Å². The number of carbonyl (C=O) groups is 1. The van der Waals surface area contributed by atoms with Crippen molar-refractivity contribution in [3.05, 3.63) is 35.9 Å². The lowest BCUT2D eigenvalue weighted by Crippen LogP contribution is -2.45. The van der Waals surface area contributed by atoms with E-state index in [0.29, 0.717) is 17.9 Å². The van der Waals surface area contributed by atoms with Gasteiger partial charge in [0, 0.05) is 25.7 Å². The van der Waals surface area contributed by atoms with E-state index in [2.05, 4.69) is 54.6 Å². The first-order valence-electron chi connectivity index (χ1n) is 9.36. The number of likely N-dealkylation sites (tertiary alicyclic amines) is 1. The zero-order chi connectivity index (χ0) is 16.9. The average Bonchev–Trinajstić information content (AvgIpc) is 3.18. The Morgan fingerprint density at radius 3 is 2.75 bits per heavy atom. The molecule has 3 rings (SSSR count). The lowest BCUT2D eigenvalue weighted by Gasteiger charge is -2.25. The highest BCUT2D eigenvalue weighted by atomic mass is 16.2. The summed E-state index contributed by atoms with van der Waals surface area (Å²) in [5, 5.41) is 3.34. The summed E-state index contributed by atoms with van der Waals surface area (Å²) < 4.78 is 0. The SMILES string of the molecule is CN(C)CC1CCN(C(=O)NC2CCCC2Cc2ccccc2)C1. The number of benzene rings is 1. The molecule has 1 aromatic carbocycles. The molecule has 2 amide bonds. The molecule has 3 atom stereocenters. The number of rotatable bonds is 5. The molecular weight excluding hydrogens is 298 g/mol. The highest BCUT2D eigenvalue weighted by Crippen LogP contribution is 2.29. The Morgan fingerprint density at radius 2 is 2.00 bits per heavy atom. The van der Waals surface area contributed by atoms with Crippen LogP contribution in [0.25, 0.3) is 0 Å². The van der Waals surface area contributed by atoms with Crippen molar-refractivity contribution in [1.29, 1.82) is 0 Å². The number of urea groups is 1. The van der Waals surface area contributed by atoms with Crippen LogP contribution in [0, 0.1) is 11.8 Å². The van der Waals surface area contributed by atoms with Crippen LogP contribution in [0.1, 0.15) is 31.2 Å². The van der Waals surface area contributed by atoms with Crippen LogP contribution in [-0.4, -0.2) is 55.6 Å². The smallest absolute Gasteiger partial charge is 0.317 e. The molecule has 1 aliphatic heterocycles. The molecule has 2 aliphatic rings. The third-order valence-electron chi connectivity index (χ3n) is 5.51. The molecule has 1 aromatic rings. The number of carbonyl (C=O) groups excluding carboxylic acids is 1. The molecule has 4 heteroatoms. The van der Waals surface area contributed by atoms with Crippen molar-refractivity contribution >= 4 is 6.03 Å². The van der Waals surface area contributed by atoms with Crippen LogP contribution >= 0.6 is 0 Å². The van der Waals surface area contributed by atoms with Gasteiger partial charge in [-0.3, -0.25) is 0 Å². The fraction of sp³-hybridized carbons (Fsp3) is 0.650. The third kappa shape index (κ3) is 4.50. The minimum absolute atomic E-state index is 0.154. The Hall–Kier alpha value is -1.55. The summed E-state index contributed by atoms with van der Waals surface area (Å²) in [6, 6.07) is 11.2. The Kier molecular flexibility index (Phi) is 5.77. The Balaban J connectivity index is 1.50. The molecule has 0 aromatic heterocycles. The molecular formula is C20H31N3O. The minimum atomic E-state index is 0.154. The first kappa shape index (κ1) is 17.3. The summed E-state index contributed by atoms with van der Waals surface area (Å²) in [6.45, 7) is 2.88. The molecule has 4 nitrogen and oxygen atoms in total. The van der Waals surface area contributed by atoms with Gasteiger partial charge < -0.3 is 15.1 Å². The molecule has 1 heterocycles. The van der Waals surface area contributed by atoms with E-state index in [1.165, 1.54) is 18.4 Å². The second-order valence-corrected chi connectivity index (χ2v) is 7.80. The second kappa shape index (κ2) is 8.02. The Bertz CT molecular complexity index is 531. The predicted molar refractivity (Wildman–Crippen MR) is 98.0 cm³/mol. The van der Waals surface area contributed by atoms with Crippen LogP contribution in [0.4, 0.5) is 4.79 Å². The van der Waals surface area contributed by atoms with Crippen LogP contribution in [0.2, 0.25) is 0 Å². The molecule has 3 unspecified atom stereocenters. The molecule has 1 saturated heterocycles. The van der Waals surface area contributed by atoms with Crippen LogP contribution in [0.3, 0.4) is 0 Å². The molecule has 0 bridgehead atoms. The van der Waals surface area contributed by atoms with E-state index in [1.54, 1.807) is 0 Å². The zero-order valence-electron chi connectivity index (χ0n) is 15.1. The van der Waals surface area contributed by atoms with E-state index in [-0.39, 0.29) is 6.03 Å². The van der Waals surface area contributed by atoms with E-state index >= 15 is 0 Å². The molecule has 0 spiro atoms. The number of hydrogen-bond donors (Lipinski definition) is 1. The zero-order valence-corrected chi connectivity index (χ0v) is 15.1. The van der Waals surface area contributed by atoms with Gasteiger partial charge in [0.05, 0.1) is 0 Å². The summed E-state index contributed by atoms with van der Waals surface area (Å²) in [4.78, 5) is 16.9. The summed E-state index contributed by atoms with van der Waals surface area (Å²) in [5.74, 6) is 1.20. The topological polar surface area (TPSA) is 35.6 Å². The quantitative estimate of drug-likeness (QED) is 0.901. The van der Waals surface area contributed by atoms with Crippen molar-refractivity contribution < 1.29 is 4.79 Å². The number of nitrogens with zero attached hydrogens (tertiary/aromatic N) is 2. The second-order valence-electron chi connectivity index (χ2n) is 7.80. The highest BCUT2D eigenvalue weighted by molar-refractivity contribution is 5.74. The molecule has 2 fully saturated rings. The summed E-state index contributed by atoms with van der Waals surface area (Å²) in [6.07, 6.45) is 5.78. The van der Waals surface area contributed by atoms with Gasteiger partial charge in [0.2, 0.25) is 0 Å². The first-order valence-corrected chi connectivity index (χ1v) is 9.36. The Morgan fingerprint density at radius 1 is 1.21 bits per heavy atom. The van der Waals surface area contributed by atoms with Gasteiger partial charge in [-0.25, -0.2) is 4.79 Å². The maximum Gasteiger partial charge on any atom is 0.317 e. The maximum absolute atomic E-state index is 12.6. The molecule has 24 heavy (non-hydrogen) atoms. The molecule has 0 radical (unpaired) electrons. The maximum atomic E-state index is 12.6. The van der Waals surface area contributed by atoms with Gasteiger partial charge >= 0.3 is 6.03 Å². The lowest BCUT2D eigenvalue weighted by atomic mass is 9.95. The van der Waals surface area contributed by atoms with Crippen LogP contribution < -0.4 is 5.32 Å². The fourth-order valence-electron chi connectivity index (χ4n) is 4.32. The average molecular weight is 329 g/mol. The molecule has 1 saturated carbocycles. The van der Waals surface area contributed by atoms with Crippen molar-refractivity contribution in [2.45, 2.75) is 38.1 Å². The van der Waals surface area contributed by atoms with Gasteiger partial charge in [-0.1, -0.05) is 36.8 Å². The van der Waals surface area contributed by atoms with Gasteiger partial charge in [0.25, 0.3) is 0 Å². The molecule has 1 N–H and O–H groups in total. The van der Waals surface area contributed by atoms with E-state index in [9.17, 15) is 4.79 Å². The Labute approximate surface area is 146 Å². The monoisotopic (exact) mass is 329 g/mol. The van der Waals surface area contributed by atoms with Gasteiger partial charge in [-0.2, -0.15) is 0 Å². The number of amides is 2. The van der Waals surface area contributed by atoms with Crippen molar-refractivity contribution in [3.63, 3.8) is 0 Å². The number of nitrogens with one attached hydrogen (secondary N) is 1. The highest BCUT2D eigenvalue weighted by Gasteiger charge is 2.32. The summed E-state index contributed by atoms with van der Waals surface area (Å²) in [5.41, 5.74) is 1.39. The van der Waals surface area contributed by atoms with Crippen LogP contribution in [0.15, 0.2) is 30.3 Å². The first-order chi connectivity index (χ1) is 11.6. The van der Waals surface area contributed by atoms with E-state index in [4.69, 9.17) is 0 Å². The predicted octanol–water partition coefficient (Wildman–Crippen LogP) is 2.99. The fourth-order valence-corrected chi connectivity index (χ4v) is 4.32. The van der Waals surface area contributed by atoms with E-state index in [0.717, 1.165) is 38.9 Å². The lowest BCUT2D eigenvalue weighted by molar-refractivity contribution is 0.198. The minimum Gasteiger partial charge on any atom is -0.335 e. The molecule has 132 valence electrons. The van der Waals surface area contributed by atoms with Crippen molar-refractivity contribution in [2.75, 3.05) is 33.7 Å². The summed E-state index contributed by atoms with van der Waals surface area (Å²) in [7, 11) is 4.21. The normalized spacial score (nSPS) is 27.0. The largest absolute Gasteiger partial charge is 0.335 e. The van der Waals surface area contributed by atoms with Gasteiger partial charge in [-0.05, 0) is 57.2 Å². The van der Waals surface area contributed by atoms with Gasteiger partial charge in [-0.15, -0.1) is 0 Å². The van der Waals surface area contributed by atoms with Crippen molar-refractivity contribution in [3.8, 4) is 0 Å². The number of hydrogen-bond acceptors (Lipinski definition) is 2. The van der Waals surface area contributed by atoms with Gasteiger partial charge in [0.1, 0.15) is 0 Å². The van der Waals surface area contributed by atoms with Crippen molar-refractivity contribution in [2.24, 2.45) is 11.8 Å². The third-order valence-corrected chi connectivity index (χ3v) is 5.51. The van der Waals surface area contributed by atoms with Crippen LogP contribution in [0.5, 0.6) is 0 Å². The summed E-state index contributed by atoms with van der Waals surface area (Å²) >= 11 is 0. The van der Waals surface area contributed by atoms with Gasteiger partial charge in [0.15, 0.2) is 0 Å².